The highest BCUT2D eigenvalue weighted by Crippen LogP contribution is 2.51. The smallest absolute Gasteiger partial charge is 0.342 e. The Balaban J connectivity index is 1.53. The molecule has 0 N–H and O–H groups in total. The monoisotopic (exact) mass is 568 g/mol. The zero-order valence-electron chi connectivity index (χ0n) is 23.2. The van der Waals surface area contributed by atoms with E-state index in [1.54, 1.807) is 6.07 Å². The highest BCUT2D eigenvalue weighted by molar-refractivity contribution is 6.27. The van der Waals surface area contributed by atoms with Gasteiger partial charge in [-0.25, -0.2) is 4.79 Å². The summed E-state index contributed by atoms with van der Waals surface area (Å²) in [7, 11) is 6.68. The molecule has 0 aromatic heterocycles. The lowest BCUT2D eigenvalue weighted by Gasteiger charge is -2.36. The molecule has 2 aromatic rings. The van der Waals surface area contributed by atoms with E-state index in [2.05, 4.69) is 0 Å². The third-order valence-corrected chi connectivity index (χ3v) is 7.22. The van der Waals surface area contributed by atoms with Crippen LogP contribution < -0.4 is 18.9 Å². The van der Waals surface area contributed by atoms with Crippen molar-refractivity contribution in [3.05, 3.63) is 57.3 Å². The molecule has 1 spiro atoms. The van der Waals surface area contributed by atoms with Gasteiger partial charge in [0, 0.05) is 25.2 Å². The van der Waals surface area contributed by atoms with Crippen molar-refractivity contribution in [1.29, 1.82) is 0 Å². The number of esters is 2. The van der Waals surface area contributed by atoms with Crippen LogP contribution in [0.1, 0.15) is 55.0 Å². The zero-order valence-corrected chi connectivity index (χ0v) is 23.2. The quantitative estimate of drug-likeness (QED) is 0.341. The number of carbonyl (C=O) groups excluding carboxylic acids is 4. The number of allylic oxidation sites excluding steroid dienone is 1. The molecule has 2 aliphatic heterocycles. The summed E-state index contributed by atoms with van der Waals surface area (Å²) in [6, 6.07) is 4.63. The van der Waals surface area contributed by atoms with Gasteiger partial charge in [0.1, 0.15) is 17.1 Å². The summed E-state index contributed by atoms with van der Waals surface area (Å²) in [5, 5.41) is 0. The summed E-state index contributed by atoms with van der Waals surface area (Å²) in [6.07, 6.45) is 0.397. The fourth-order valence-corrected chi connectivity index (χ4v) is 5.33. The summed E-state index contributed by atoms with van der Waals surface area (Å²) < 4.78 is 43.7. The number of Topliss-reactive ketones (excluding diaryl/α,β-unsaturated/α-hetero) is 2. The third-order valence-electron chi connectivity index (χ3n) is 7.22. The maximum absolute atomic E-state index is 13.7. The van der Waals surface area contributed by atoms with Crippen LogP contribution in [0, 0.1) is 0 Å². The number of fused-ring (bicyclic) bond motifs is 2. The zero-order chi connectivity index (χ0) is 29.5. The molecule has 1 aliphatic carbocycles. The number of ketones is 2. The van der Waals surface area contributed by atoms with Crippen LogP contribution in [0.4, 0.5) is 0 Å². The third kappa shape index (κ3) is 4.63. The lowest BCUT2D eigenvalue weighted by molar-refractivity contribution is -0.148. The Kier molecular flexibility index (Phi) is 7.35. The lowest BCUT2D eigenvalue weighted by Crippen LogP contribution is -2.40. The van der Waals surface area contributed by atoms with Crippen molar-refractivity contribution in [2.75, 3.05) is 42.3 Å². The molecule has 2 aromatic carbocycles. The SMILES string of the molecule is COCOc1cc(OC)cc2c1C(=O)C1=C(OC3(CCc4cc(CC(=O)OC)c(C(=O)OC)c(OC)c4O3)C1)C2=O. The van der Waals surface area contributed by atoms with Crippen LogP contribution in [-0.4, -0.2) is 71.6 Å². The summed E-state index contributed by atoms with van der Waals surface area (Å²) in [6.45, 7) is -0.145. The van der Waals surface area contributed by atoms with E-state index in [1.807, 2.05) is 0 Å². The second kappa shape index (κ2) is 10.8. The molecule has 0 amide bonds. The molecule has 1 unspecified atom stereocenters. The predicted octanol–water partition coefficient (Wildman–Crippen LogP) is 2.96. The van der Waals surface area contributed by atoms with Crippen LogP contribution in [0.3, 0.4) is 0 Å². The predicted molar refractivity (Wildman–Crippen MR) is 139 cm³/mol. The maximum atomic E-state index is 13.7. The van der Waals surface area contributed by atoms with Crippen molar-refractivity contribution >= 4 is 23.5 Å². The van der Waals surface area contributed by atoms with Gasteiger partial charge in [-0.2, -0.15) is 0 Å². The van der Waals surface area contributed by atoms with Crippen molar-refractivity contribution in [3.63, 3.8) is 0 Å². The first kappa shape index (κ1) is 28.0. The number of carbonyl (C=O) groups is 4. The van der Waals surface area contributed by atoms with Crippen molar-refractivity contribution in [3.8, 4) is 23.0 Å². The molecule has 3 aliphatic rings. The molecule has 2 heterocycles. The van der Waals surface area contributed by atoms with Crippen LogP contribution in [0.15, 0.2) is 29.5 Å². The first-order valence-corrected chi connectivity index (χ1v) is 12.6. The van der Waals surface area contributed by atoms with Gasteiger partial charge in [-0.1, -0.05) is 6.07 Å². The molecule has 5 rings (SSSR count). The summed E-state index contributed by atoms with van der Waals surface area (Å²) >= 11 is 0. The van der Waals surface area contributed by atoms with Gasteiger partial charge in [-0.3, -0.25) is 14.4 Å². The Morgan fingerprint density at radius 1 is 0.951 bits per heavy atom. The summed E-state index contributed by atoms with van der Waals surface area (Å²) in [4.78, 5) is 52.2. The van der Waals surface area contributed by atoms with Crippen molar-refractivity contribution < 1.29 is 57.1 Å². The van der Waals surface area contributed by atoms with E-state index >= 15 is 0 Å². The molecule has 0 saturated heterocycles. The number of ether oxygens (including phenoxy) is 8. The maximum Gasteiger partial charge on any atom is 0.342 e. The van der Waals surface area contributed by atoms with Gasteiger partial charge >= 0.3 is 11.9 Å². The normalized spacial score (nSPS) is 18.6. The average molecular weight is 569 g/mol. The van der Waals surface area contributed by atoms with Gasteiger partial charge in [0.15, 0.2) is 29.8 Å². The fourth-order valence-electron chi connectivity index (χ4n) is 5.33. The van der Waals surface area contributed by atoms with E-state index in [-0.39, 0.29) is 71.3 Å². The highest BCUT2D eigenvalue weighted by Gasteiger charge is 2.53. The number of hydrogen-bond donors (Lipinski definition) is 0. The van der Waals surface area contributed by atoms with Gasteiger partial charge in [0.25, 0.3) is 5.79 Å². The van der Waals surface area contributed by atoms with E-state index in [0.29, 0.717) is 23.3 Å². The standard InChI is InChI=1S/C29H28O12/c1-34-13-39-19-11-16(35-2)10-17-22(19)23(31)18-12-29(41-26(18)24(17)32)7-6-14-8-15(9-20(30)36-3)21(28(33)38-5)27(37-4)25(14)40-29/h8,10-11H,6-7,9,12-13H2,1-5H3. The van der Waals surface area contributed by atoms with Crippen molar-refractivity contribution in [2.45, 2.75) is 31.5 Å². The molecule has 0 radical (unpaired) electrons. The van der Waals surface area contributed by atoms with Crippen LogP contribution in [0.5, 0.6) is 23.0 Å². The van der Waals surface area contributed by atoms with Crippen LogP contribution in [-0.2, 0) is 36.6 Å². The molecule has 216 valence electrons. The van der Waals surface area contributed by atoms with Gasteiger partial charge in [-0.15, -0.1) is 0 Å². The van der Waals surface area contributed by atoms with Crippen LogP contribution in [0.2, 0.25) is 0 Å². The minimum Gasteiger partial charge on any atom is -0.497 e. The fraction of sp³-hybridized carbons (Fsp3) is 0.379. The molecule has 0 bridgehead atoms. The lowest BCUT2D eigenvalue weighted by atomic mass is 9.85. The second-order valence-electron chi connectivity index (χ2n) is 9.53. The minimum absolute atomic E-state index is 0.00138. The van der Waals surface area contributed by atoms with Crippen molar-refractivity contribution in [2.24, 2.45) is 0 Å². The van der Waals surface area contributed by atoms with Crippen LogP contribution >= 0.6 is 0 Å². The number of rotatable bonds is 8. The van der Waals surface area contributed by atoms with E-state index < -0.39 is 29.3 Å². The van der Waals surface area contributed by atoms with E-state index in [0.717, 1.165) is 0 Å². The minimum atomic E-state index is -1.42. The molecule has 0 fully saturated rings. The van der Waals surface area contributed by atoms with Gasteiger partial charge < -0.3 is 37.9 Å². The molecule has 12 nitrogen and oxygen atoms in total. The number of hydrogen-bond acceptors (Lipinski definition) is 12. The van der Waals surface area contributed by atoms with E-state index in [1.165, 1.54) is 47.7 Å². The topological polar surface area (TPSA) is 142 Å². The largest absolute Gasteiger partial charge is 0.497 e. The van der Waals surface area contributed by atoms with Gasteiger partial charge in [0.05, 0.1) is 52.4 Å². The van der Waals surface area contributed by atoms with Crippen molar-refractivity contribution in [1.82, 2.24) is 0 Å². The Bertz CT molecular complexity index is 1500. The van der Waals surface area contributed by atoms with Gasteiger partial charge in [0.2, 0.25) is 5.78 Å². The number of methoxy groups -OCH3 is 5. The Morgan fingerprint density at radius 2 is 1.73 bits per heavy atom. The first-order valence-electron chi connectivity index (χ1n) is 12.6. The summed E-state index contributed by atoms with van der Waals surface area (Å²) in [5.41, 5.74) is 1.30. The Labute approximate surface area is 235 Å². The second-order valence-corrected chi connectivity index (χ2v) is 9.53. The molecule has 1 atom stereocenters. The first-order chi connectivity index (χ1) is 19.7. The summed E-state index contributed by atoms with van der Waals surface area (Å²) in [5.74, 6) is -3.10. The highest BCUT2D eigenvalue weighted by atomic mass is 16.7. The van der Waals surface area contributed by atoms with E-state index in [4.69, 9.17) is 37.9 Å². The molecular weight excluding hydrogens is 540 g/mol. The Hall–Kier alpha value is -4.58. The van der Waals surface area contributed by atoms with Gasteiger partial charge in [-0.05, 0) is 23.6 Å². The number of benzene rings is 2. The average Bonchev–Trinajstić information content (AvgIpc) is 3.36. The van der Waals surface area contributed by atoms with Crippen LogP contribution in [0.25, 0.3) is 0 Å². The molecule has 0 saturated carbocycles. The Morgan fingerprint density at radius 3 is 2.39 bits per heavy atom. The molecular formula is C29H28O12. The molecule has 12 heteroatoms. The van der Waals surface area contributed by atoms with E-state index in [9.17, 15) is 19.2 Å². The molecule has 41 heavy (non-hydrogen) atoms. The number of aryl methyl sites for hydroxylation is 1.